The molecular formula is C7H6F2Sn. The Balaban J connectivity index is 3.04. The molecule has 0 saturated heterocycles. The van der Waals surface area contributed by atoms with Crippen molar-refractivity contribution in [2.75, 3.05) is 0 Å². The topological polar surface area (TPSA) is 0 Å². The van der Waals surface area contributed by atoms with Crippen molar-refractivity contribution in [1.82, 2.24) is 0 Å². The molecule has 0 amide bonds. The zero-order chi connectivity index (χ0) is 7.56. The Bertz CT molecular complexity index is 235. The molecule has 1 aromatic rings. The van der Waals surface area contributed by atoms with Gasteiger partial charge < -0.3 is 0 Å². The number of halogens is 2. The molecule has 2 radical (unpaired) electrons. The van der Waals surface area contributed by atoms with Gasteiger partial charge in [0.15, 0.2) is 0 Å². The summed E-state index contributed by atoms with van der Waals surface area (Å²) in [6.45, 7) is 0. The molecule has 0 aromatic heterocycles. The van der Waals surface area contributed by atoms with Crippen LogP contribution in [0.4, 0.5) is 8.78 Å². The van der Waals surface area contributed by atoms with Crippen molar-refractivity contribution in [2.45, 2.75) is 4.44 Å². The predicted molar refractivity (Wildman–Crippen MR) is 37.2 cm³/mol. The van der Waals surface area contributed by atoms with E-state index in [2.05, 4.69) is 0 Å². The van der Waals surface area contributed by atoms with Gasteiger partial charge in [-0.2, -0.15) is 0 Å². The molecular weight excluding hydrogens is 241 g/mol. The number of rotatable bonds is 1. The van der Waals surface area contributed by atoms with E-state index < -0.39 is 11.6 Å². The Hall–Kier alpha value is -0.121. The Morgan fingerprint density at radius 3 is 2.40 bits per heavy atom. The van der Waals surface area contributed by atoms with Crippen LogP contribution in [-0.2, 0) is 4.44 Å². The Labute approximate surface area is 71.3 Å². The quantitative estimate of drug-likeness (QED) is 0.657. The maximum atomic E-state index is 12.4. The van der Waals surface area contributed by atoms with Gasteiger partial charge >= 0.3 is 71.1 Å². The molecule has 0 bridgehead atoms. The Morgan fingerprint density at radius 1 is 1.20 bits per heavy atom. The van der Waals surface area contributed by atoms with E-state index in [-0.39, 0.29) is 0 Å². The van der Waals surface area contributed by atoms with Gasteiger partial charge in [0.05, 0.1) is 0 Å². The van der Waals surface area contributed by atoms with Gasteiger partial charge in [0.2, 0.25) is 0 Å². The second-order valence-electron chi connectivity index (χ2n) is 1.95. The summed E-state index contributed by atoms with van der Waals surface area (Å²) in [5.74, 6) is -1.51. The fourth-order valence-corrected chi connectivity index (χ4v) is 1.39. The molecule has 0 aliphatic rings. The van der Waals surface area contributed by atoms with Crippen LogP contribution in [0, 0.1) is 11.6 Å². The zero-order valence-corrected chi connectivity index (χ0v) is 8.57. The van der Waals surface area contributed by atoms with E-state index in [1.165, 1.54) is 12.1 Å². The van der Waals surface area contributed by atoms with Crippen LogP contribution in [0.5, 0.6) is 0 Å². The molecule has 0 spiro atoms. The van der Waals surface area contributed by atoms with Crippen LogP contribution in [0.25, 0.3) is 0 Å². The minimum absolute atomic E-state index is 0.744. The number of benzene rings is 1. The standard InChI is InChI=1S/C7H5F2.Sn.H/c1-5-2-3-6(8)7(9)4-5;;/h2-4H,1H2;;. The van der Waals surface area contributed by atoms with Gasteiger partial charge in [0.25, 0.3) is 0 Å². The van der Waals surface area contributed by atoms with Gasteiger partial charge in [-0.25, -0.2) is 0 Å². The van der Waals surface area contributed by atoms with Crippen molar-refractivity contribution in [3.05, 3.63) is 35.4 Å². The SMILES string of the molecule is Fc1ccc([CH2][SnH])cc1F. The molecule has 0 aliphatic heterocycles. The minimum atomic E-state index is -0.766. The van der Waals surface area contributed by atoms with E-state index in [0.717, 1.165) is 32.5 Å². The predicted octanol–water partition coefficient (Wildman–Crippen LogP) is 1.37. The summed E-state index contributed by atoms with van der Waals surface area (Å²) in [4.78, 5) is 0. The van der Waals surface area contributed by atoms with Crippen LogP contribution in [0.3, 0.4) is 0 Å². The third kappa shape index (κ3) is 1.68. The maximum absolute atomic E-state index is 12.4. The summed E-state index contributed by atoms with van der Waals surface area (Å²) in [5, 5.41) is 0. The van der Waals surface area contributed by atoms with E-state index >= 15 is 0 Å². The number of hydrogen-bond acceptors (Lipinski definition) is 0. The summed E-state index contributed by atoms with van der Waals surface area (Å²) in [6.07, 6.45) is 0. The summed E-state index contributed by atoms with van der Waals surface area (Å²) >= 11 is 1.04. The summed E-state index contributed by atoms with van der Waals surface area (Å²) in [5.41, 5.74) is 0.876. The molecule has 0 nitrogen and oxygen atoms in total. The van der Waals surface area contributed by atoms with Crippen LogP contribution in [0.2, 0.25) is 0 Å². The van der Waals surface area contributed by atoms with Crippen molar-refractivity contribution in [3.8, 4) is 0 Å². The summed E-state index contributed by atoms with van der Waals surface area (Å²) in [7, 11) is 0. The summed E-state index contributed by atoms with van der Waals surface area (Å²) < 4.78 is 25.5. The molecule has 1 rings (SSSR count). The van der Waals surface area contributed by atoms with E-state index in [1.807, 2.05) is 0 Å². The van der Waals surface area contributed by atoms with E-state index in [1.54, 1.807) is 6.07 Å². The average Bonchev–Trinajstić information content (AvgIpc) is 1.95. The fraction of sp³-hybridized carbons (Fsp3) is 0.143. The van der Waals surface area contributed by atoms with Crippen LogP contribution >= 0.6 is 0 Å². The molecule has 0 heterocycles. The second kappa shape index (κ2) is 3.32. The monoisotopic (exact) mass is 248 g/mol. The molecule has 0 aliphatic carbocycles. The molecule has 10 heavy (non-hydrogen) atoms. The Morgan fingerprint density at radius 2 is 1.90 bits per heavy atom. The van der Waals surface area contributed by atoms with Gasteiger partial charge in [-0.1, -0.05) is 0 Å². The first-order valence-corrected chi connectivity index (χ1v) is 5.21. The third-order valence-electron chi connectivity index (χ3n) is 1.22. The number of hydrogen-bond donors (Lipinski definition) is 0. The first kappa shape index (κ1) is 7.98. The van der Waals surface area contributed by atoms with Gasteiger partial charge in [0, 0.05) is 0 Å². The molecule has 1 aromatic carbocycles. The first-order chi connectivity index (χ1) is 4.74. The van der Waals surface area contributed by atoms with E-state index in [9.17, 15) is 8.78 Å². The second-order valence-corrected chi connectivity index (χ2v) is 3.12. The van der Waals surface area contributed by atoms with Crippen molar-refractivity contribution in [2.24, 2.45) is 0 Å². The van der Waals surface area contributed by atoms with Crippen LogP contribution < -0.4 is 0 Å². The van der Waals surface area contributed by atoms with E-state index in [0.29, 0.717) is 0 Å². The van der Waals surface area contributed by atoms with Gasteiger partial charge in [-0.3, -0.25) is 0 Å². The zero-order valence-electron chi connectivity index (χ0n) is 5.27. The van der Waals surface area contributed by atoms with Crippen molar-refractivity contribution in [1.29, 1.82) is 0 Å². The van der Waals surface area contributed by atoms with Crippen molar-refractivity contribution < 1.29 is 8.78 Å². The Kier molecular flexibility index (Phi) is 2.65. The molecule has 0 atom stereocenters. The normalized spacial score (nSPS) is 9.90. The van der Waals surface area contributed by atoms with Gasteiger partial charge in [0.1, 0.15) is 0 Å². The average molecular weight is 247 g/mol. The third-order valence-corrected chi connectivity index (χ3v) is 2.57. The summed E-state index contributed by atoms with van der Waals surface area (Å²) in [6, 6.07) is 4.03. The molecule has 52 valence electrons. The van der Waals surface area contributed by atoms with Crippen LogP contribution in [0.15, 0.2) is 18.2 Å². The molecule has 0 N–H and O–H groups in total. The van der Waals surface area contributed by atoms with Gasteiger partial charge in [-0.15, -0.1) is 0 Å². The van der Waals surface area contributed by atoms with Gasteiger partial charge in [-0.05, 0) is 0 Å². The first-order valence-electron chi connectivity index (χ1n) is 2.88. The fourth-order valence-electron chi connectivity index (χ4n) is 0.667. The van der Waals surface area contributed by atoms with Crippen molar-refractivity contribution >= 4 is 22.5 Å². The van der Waals surface area contributed by atoms with Crippen molar-refractivity contribution in [3.63, 3.8) is 0 Å². The van der Waals surface area contributed by atoms with Crippen LogP contribution in [-0.4, -0.2) is 22.5 Å². The van der Waals surface area contributed by atoms with E-state index in [4.69, 9.17) is 0 Å². The molecule has 0 unspecified atom stereocenters. The van der Waals surface area contributed by atoms with Crippen LogP contribution in [0.1, 0.15) is 5.56 Å². The molecule has 3 heteroatoms. The molecule has 0 fully saturated rings. The molecule has 0 saturated carbocycles.